The maximum atomic E-state index is 13.8. The van der Waals surface area contributed by atoms with Crippen molar-refractivity contribution < 1.29 is 4.39 Å². The monoisotopic (exact) mass is 278 g/mol. The number of benzene rings is 1. The Morgan fingerprint density at radius 2 is 2.26 bits per heavy atom. The van der Waals surface area contributed by atoms with E-state index < -0.39 is 0 Å². The van der Waals surface area contributed by atoms with Gasteiger partial charge in [-0.15, -0.1) is 0 Å². The number of hydrogen-bond acceptors (Lipinski definition) is 5. The van der Waals surface area contributed by atoms with Crippen molar-refractivity contribution in [2.24, 2.45) is 5.73 Å². The standard InChI is InChI=1S/C13H15FN4S/c14-11-5-8(6-15)1-2-10(11)7-16-13-17-12(18-19-13)9-3-4-9/h1-2,5,9H,3-4,6-7,15H2,(H,16,17,18). The highest BCUT2D eigenvalue weighted by atomic mass is 32.1. The Labute approximate surface area is 115 Å². The lowest BCUT2D eigenvalue weighted by Gasteiger charge is -2.05. The minimum atomic E-state index is -0.234. The highest BCUT2D eigenvalue weighted by molar-refractivity contribution is 7.09. The van der Waals surface area contributed by atoms with Crippen LogP contribution in [-0.2, 0) is 13.1 Å². The first-order valence-electron chi connectivity index (χ1n) is 6.31. The fourth-order valence-corrected chi connectivity index (χ4v) is 2.49. The highest BCUT2D eigenvalue weighted by Crippen LogP contribution is 2.39. The lowest BCUT2D eigenvalue weighted by atomic mass is 10.1. The number of nitrogens with zero attached hydrogens (tertiary/aromatic N) is 2. The molecule has 1 heterocycles. The SMILES string of the molecule is NCc1ccc(CNc2nc(C3CC3)ns2)c(F)c1. The van der Waals surface area contributed by atoms with Crippen LogP contribution in [0.15, 0.2) is 18.2 Å². The Morgan fingerprint density at radius 3 is 2.95 bits per heavy atom. The van der Waals surface area contributed by atoms with Gasteiger partial charge in [-0.05, 0) is 24.5 Å². The first-order valence-corrected chi connectivity index (χ1v) is 7.08. The molecule has 1 saturated carbocycles. The fourth-order valence-electron chi connectivity index (χ4n) is 1.85. The van der Waals surface area contributed by atoms with Crippen molar-refractivity contribution in [2.75, 3.05) is 5.32 Å². The molecular weight excluding hydrogens is 263 g/mol. The highest BCUT2D eigenvalue weighted by Gasteiger charge is 2.27. The topological polar surface area (TPSA) is 63.8 Å². The van der Waals surface area contributed by atoms with Gasteiger partial charge in [0.1, 0.15) is 11.6 Å². The van der Waals surface area contributed by atoms with E-state index in [4.69, 9.17) is 5.73 Å². The summed E-state index contributed by atoms with van der Waals surface area (Å²) in [5.74, 6) is 1.24. The van der Waals surface area contributed by atoms with Crippen LogP contribution in [0.25, 0.3) is 0 Å². The van der Waals surface area contributed by atoms with Gasteiger partial charge < -0.3 is 11.1 Å². The maximum absolute atomic E-state index is 13.8. The molecule has 0 saturated heterocycles. The van der Waals surface area contributed by atoms with Crippen LogP contribution in [0.2, 0.25) is 0 Å². The van der Waals surface area contributed by atoms with E-state index >= 15 is 0 Å². The Hall–Kier alpha value is -1.53. The molecule has 0 bridgehead atoms. The summed E-state index contributed by atoms with van der Waals surface area (Å²) in [6.07, 6.45) is 2.37. The van der Waals surface area contributed by atoms with Gasteiger partial charge in [-0.1, -0.05) is 12.1 Å². The van der Waals surface area contributed by atoms with Crippen LogP contribution in [0.1, 0.15) is 35.7 Å². The van der Waals surface area contributed by atoms with Crippen molar-refractivity contribution in [3.8, 4) is 0 Å². The van der Waals surface area contributed by atoms with E-state index in [9.17, 15) is 4.39 Å². The summed E-state index contributed by atoms with van der Waals surface area (Å²) in [7, 11) is 0. The van der Waals surface area contributed by atoms with Gasteiger partial charge in [0.25, 0.3) is 0 Å². The molecule has 0 aliphatic heterocycles. The van der Waals surface area contributed by atoms with Gasteiger partial charge in [-0.25, -0.2) is 9.37 Å². The van der Waals surface area contributed by atoms with Gasteiger partial charge in [0.2, 0.25) is 5.13 Å². The summed E-state index contributed by atoms with van der Waals surface area (Å²) >= 11 is 1.34. The van der Waals surface area contributed by atoms with E-state index in [0.29, 0.717) is 24.6 Å². The average molecular weight is 278 g/mol. The molecule has 3 N–H and O–H groups in total. The summed E-state index contributed by atoms with van der Waals surface area (Å²) in [5.41, 5.74) is 6.88. The van der Waals surface area contributed by atoms with Crippen LogP contribution < -0.4 is 11.1 Å². The zero-order valence-corrected chi connectivity index (χ0v) is 11.2. The van der Waals surface area contributed by atoms with Crippen LogP contribution in [-0.4, -0.2) is 9.36 Å². The number of nitrogens with two attached hydrogens (primary N) is 1. The zero-order valence-electron chi connectivity index (χ0n) is 10.4. The van der Waals surface area contributed by atoms with Gasteiger partial charge in [0, 0.05) is 36.1 Å². The molecule has 1 aliphatic rings. The molecule has 4 nitrogen and oxygen atoms in total. The van der Waals surface area contributed by atoms with Crippen LogP contribution in [0.3, 0.4) is 0 Å². The van der Waals surface area contributed by atoms with E-state index in [2.05, 4.69) is 14.7 Å². The second kappa shape index (κ2) is 5.22. The minimum absolute atomic E-state index is 0.234. The quantitative estimate of drug-likeness (QED) is 0.882. The Kier molecular flexibility index (Phi) is 3.44. The molecule has 0 spiro atoms. The van der Waals surface area contributed by atoms with Crippen molar-refractivity contribution in [3.05, 3.63) is 41.0 Å². The van der Waals surface area contributed by atoms with Gasteiger partial charge >= 0.3 is 0 Å². The maximum Gasteiger partial charge on any atom is 0.202 e. The predicted molar refractivity (Wildman–Crippen MR) is 73.5 cm³/mol. The molecule has 0 unspecified atom stereocenters. The number of halogens is 1. The van der Waals surface area contributed by atoms with E-state index in [1.807, 2.05) is 6.07 Å². The van der Waals surface area contributed by atoms with E-state index in [1.54, 1.807) is 6.07 Å². The largest absolute Gasteiger partial charge is 0.356 e. The normalized spacial score (nSPS) is 14.6. The Morgan fingerprint density at radius 1 is 1.42 bits per heavy atom. The van der Waals surface area contributed by atoms with Crippen molar-refractivity contribution in [1.29, 1.82) is 0 Å². The summed E-state index contributed by atoms with van der Waals surface area (Å²) in [4.78, 5) is 4.40. The molecule has 1 aromatic carbocycles. The third kappa shape index (κ3) is 2.90. The van der Waals surface area contributed by atoms with Gasteiger partial charge in [-0.3, -0.25) is 0 Å². The van der Waals surface area contributed by atoms with Crippen LogP contribution in [0, 0.1) is 5.82 Å². The lowest BCUT2D eigenvalue weighted by molar-refractivity contribution is 0.610. The molecule has 1 aromatic heterocycles. The van der Waals surface area contributed by atoms with E-state index in [-0.39, 0.29) is 5.82 Å². The summed E-state index contributed by atoms with van der Waals surface area (Å²) < 4.78 is 18.1. The second-order valence-corrected chi connectivity index (χ2v) is 5.47. The number of aromatic nitrogens is 2. The molecule has 0 radical (unpaired) electrons. The van der Waals surface area contributed by atoms with Gasteiger partial charge in [0.05, 0.1) is 0 Å². The zero-order chi connectivity index (χ0) is 13.2. The predicted octanol–water partition coefficient (Wildman–Crippen LogP) is 2.63. The average Bonchev–Trinajstić information content (AvgIpc) is 3.17. The Bertz CT molecular complexity index is 580. The molecule has 0 atom stereocenters. The molecule has 0 amide bonds. The summed E-state index contributed by atoms with van der Waals surface area (Å²) in [5, 5.41) is 3.87. The number of hydrogen-bond donors (Lipinski definition) is 2. The molecule has 100 valence electrons. The minimum Gasteiger partial charge on any atom is -0.356 e. The molecule has 3 rings (SSSR count). The van der Waals surface area contributed by atoms with Crippen molar-refractivity contribution in [1.82, 2.24) is 9.36 Å². The van der Waals surface area contributed by atoms with Gasteiger partial charge in [-0.2, -0.15) is 4.37 Å². The lowest BCUT2D eigenvalue weighted by Crippen LogP contribution is -2.04. The summed E-state index contributed by atoms with van der Waals surface area (Å²) in [6, 6.07) is 5.08. The van der Waals surface area contributed by atoms with Crippen LogP contribution >= 0.6 is 11.5 Å². The molecule has 19 heavy (non-hydrogen) atoms. The van der Waals surface area contributed by atoms with Crippen molar-refractivity contribution in [2.45, 2.75) is 31.8 Å². The summed E-state index contributed by atoms with van der Waals surface area (Å²) in [6.45, 7) is 0.766. The smallest absolute Gasteiger partial charge is 0.202 e. The van der Waals surface area contributed by atoms with Crippen molar-refractivity contribution >= 4 is 16.7 Å². The first kappa shape index (κ1) is 12.5. The van der Waals surface area contributed by atoms with Gasteiger partial charge in [0.15, 0.2) is 0 Å². The second-order valence-electron chi connectivity index (χ2n) is 4.72. The molecule has 1 aliphatic carbocycles. The molecule has 6 heteroatoms. The first-order chi connectivity index (χ1) is 9.26. The molecule has 1 fully saturated rings. The molecular formula is C13H15FN4S. The van der Waals surface area contributed by atoms with E-state index in [1.165, 1.54) is 30.4 Å². The Balaban J connectivity index is 1.64. The number of rotatable bonds is 5. The third-order valence-electron chi connectivity index (χ3n) is 3.17. The number of anilines is 1. The third-order valence-corrected chi connectivity index (χ3v) is 3.85. The fraction of sp³-hybridized carbons (Fsp3) is 0.385. The van der Waals surface area contributed by atoms with Crippen LogP contribution in [0.5, 0.6) is 0 Å². The van der Waals surface area contributed by atoms with Crippen molar-refractivity contribution in [3.63, 3.8) is 0 Å². The number of nitrogens with one attached hydrogen (secondary N) is 1. The van der Waals surface area contributed by atoms with E-state index in [0.717, 1.165) is 16.5 Å². The molecule has 2 aromatic rings. The van der Waals surface area contributed by atoms with Crippen LogP contribution in [0.4, 0.5) is 9.52 Å².